The number of unbranched alkanes of at least 4 members (excludes halogenated alkanes) is 15. The molecule has 0 amide bonds. The average Bonchev–Trinajstić information content (AvgIpc) is 2.84. The molecular formula is C29H49NO3. The first-order valence-electron chi connectivity index (χ1n) is 13.6. The number of carbonyl (C=O) groups excluding carboxylic acids is 2. The molecule has 188 valence electrons. The van der Waals surface area contributed by atoms with E-state index in [1.807, 2.05) is 24.3 Å². The van der Waals surface area contributed by atoms with Crippen molar-refractivity contribution in [1.82, 2.24) is 0 Å². The average molecular weight is 460 g/mol. The van der Waals surface area contributed by atoms with E-state index in [4.69, 9.17) is 0 Å². The summed E-state index contributed by atoms with van der Waals surface area (Å²) in [5.41, 5.74) is 1.69. The number of methoxy groups -OCH3 is 1. The molecule has 0 aliphatic carbocycles. The highest BCUT2D eigenvalue weighted by atomic mass is 16.5. The van der Waals surface area contributed by atoms with Crippen molar-refractivity contribution in [3.05, 3.63) is 29.8 Å². The first-order valence-corrected chi connectivity index (χ1v) is 13.6. The summed E-state index contributed by atoms with van der Waals surface area (Å²) in [6.07, 6.45) is 22.5. The van der Waals surface area contributed by atoms with Crippen LogP contribution in [0.5, 0.6) is 0 Å². The maximum Gasteiger partial charge on any atom is 0.305 e. The SMILES string of the molecule is CCCCCCCCCCCCCCCCCCNc1ccc(C(=O)CCC(=O)OC)cc1. The monoisotopic (exact) mass is 459 g/mol. The number of nitrogens with one attached hydrogen (secondary N) is 1. The lowest BCUT2D eigenvalue weighted by Gasteiger charge is -2.07. The number of hydrogen-bond acceptors (Lipinski definition) is 4. The summed E-state index contributed by atoms with van der Waals surface area (Å²) in [6.45, 7) is 3.25. The first kappa shape index (κ1) is 29.2. The van der Waals surface area contributed by atoms with E-state index in [1.54, 1.807) is 0 Å². The predicted octanol–water partition coefficient (Wildman–Crippen LogP) is 8.50. The van der Waals surface area contributed by atoms with Gasteiger partial charge in [0.1, 0.15) is 0 Å². The first-order chi connectivity index (χ1) is 16.2. The standard InChI is InChI=1S/C29H49NO3/c1-3-4-5-6-7-8-9-10-11-12-13-14-15-16-17-18-25-30-27-21-19-26(20-22-27)28(31)23-24-29(32)33-2/h19-22,30H,3-18,23-25H2,1-2H3. The van der Waals surface area contributed by atoms with Crippen molar-refractivity contribution in [2.75, 3.05) is 19.0 Å². The molecule has 0 spiro atoms. The number of ether oxygens (including phenoxy) is 1. The molecular weight excluding hydrogens is 410 g/mol. The highest BCUT2D eigenvalue weighted by Crippen LogP contribution is 2.15. The molecule has 4 heteroatoms. The van der Waals surface area contributed by atoms with Crippen molar-refractivity contribution >= 4 is 17.4 Å². The van der Waals surface area contributed by atoms with Crippen LogP contribution in [0.15, 0.2) is 24.3 Å². The molecule has 0 bridgehead atoms. The van der Waals surface area contributed by atoms with Gasteiger partial charge in [-0.25, -0.2) is 0 Å². The van der Waals surface area contributed by atoms with E-state index in [-0.39, 0.29) is 24.6 Å². The number of anilines is 1. The van der Waals surface area contributed by atoms with Gasteiger partial charge in [-0.1, -0.05) is 103 Å². The van der Waals surface area contributed by atoms with Crippen LogP contribution < -0.4 is 5.32 Å². The van der Waals surface area contributed by atoms with E-state index in [2.05, 4.69) is 17.0 Å². The van der Waals surface area contributed by atoms with Crippen molar-refractivity contribution < 1.29 is 14.3 Å². The Balaban J connectivity index is 1.90. The van der Waals surface area contributed by atoms with Gasteiger partial charge in [0.15, 0.2) is 5.78 Å². The Morgan fingerprint density at radius 3 is 1.58 bits per heavy atom. The largest absolute Gasteiger partial charge is 0.469 e. The highest BCUT2D eigenvalue weighted by Gasteiger charge is 2.09. The lowest BCUT2D eigenvalue weighted by molar-refractivity contribution is -0.140. The molecule has 0 aliphatic heterocycles. The van der Waals surface area contributed by atoms with E-state index in [9.17, 15) is 9.59 Å². The molecule has 0 radical (unpaired) electrons. The van der Waals surface area contributed by atoms with Gasteiger partial charge in [0.05, 0.1) is 13.5 Å². The molecule has 0 heterocycles. The number of hydrogen-bond donors (Lipinski definition) is 1. The van der Waals surface area contributed by atoms with Crippen molar-refractivity contribution in [2.45, 2.75) is 122 Å². The fraction of sp³-hybridized carbons (Fsp3) is 0.724. The third-order valence-corrected chi connectivity index (χ3v) is 6.35. The third-order valence-electron chi connectivity index (χ3n) is 6.35. The molecule has 0 aliphatic rings. The van der Waals surface area contributed by atoms with Crippen molar-refractivity contribution in [3.8, 4) is 0 Å². The quantitative estimate of drug-likeness (QED) is 0.107. The Kier molecular flexibility index (Phi) is 18.4. The molecule has 0 saturated heterocycles. The zero-order valence-corrected chi connectivity index (χ0v) is 21.5. The summed E-state index contributed by atoms with van der Waals surface area (Å²) in [5.74, 6) is -0.370. The summed E-state index contributed by atoms with van der Waals surface area (Å²) in [4.78, 5) is 23.2. The van der Waals surface area contributed by atoms with Crippen LogP contribution in [0.3, 0.4) is 0 Å². The Morgan fingerprint density at radius 2 is 1.12 bits per heavy atom. The predicted molar refractivity (Wildman–Crippen MR) is 140 cm³/mol. The van der Waals surface area contributed by atoms with Crippen molar-refractivity contribution in [2.24, 2.45) is 0 Å². The number of rotatable bonds is 22. The Bertz CT molecular complexity index is 612. The topological polar surface area (TPSA) is 55.4 Å². The lowest BCUT2D eigenvalue weighted by atomic mass is 10.0. The number of Topliss-reactive ketones (excluding diaryl/α,β-unsaturated/α-hetero) is 1. The Hall–Kier alpha value is -1.84. The summed E-state index contributed by atoms with van der Waals surface area (Å²) >= 11 is 0. The zero-order chi connectivity index (χ0) is 24.0. The molecule has 1 N–H and O–H groups in total. The van der Waals surface area contributed by atoms with E-state index in [0.717, 1.165) is 12.2 Å². The van der Waals surface area contributed by atoms with Gasteiger partial charge in [0, 0.05) is 24.2 Å². The molecule has 0 fully saturated rings. The molecule has 1 aromatic carbocycles. The lowest BCUT2D eigenvalue weighted by Crippen LogP contribution is -2.06. The minimum absolute atomic E-state index is 0.0234. The van der Waals surface area contributed by atoms with Crippen molar-refractivity contribution in [3.63, 3.8) is 0 Å². The molecule has 33 heavy (non-hydrogen) atoms. The van der Waals surface area contributed by atoms with Crippen LogP contribution >= 0.6 is 0 Å². The second-order valence-electron chi connectivity index (χ2n) is 9.31. The molecule has 0 atom stereocenters. The van der Waals surface area contributed by atoms with E-state index in [0.29, 0.717) is 5.56 Å². The smallest absolute Gasteiger partial charge is 0.305 e. The molecule has 1 aromatic rings. The van der Waals surface area contributed by atoms with Crippen LogP contribution in [-0.2, 0) is 9.53 Å². The molecule has 4 nitrogen and oxygen atoms in total. The fourth-order valence-electron chi connectivity index (χ4n) is 4.14. The minimum atomic E-state index is -0.347. The van der Waals surface area contributed by atoms with Gasteiger partial charge in [-0.15, -0.1) is 0 Å². The molecule has 0 aromatic heterocycles. The molecule has 0 saturated carbocycles. The molecule has 1 rings (SSSR count). The Morgan fingerprint density at radius 1 is 0.667 bits per heavy atom. The summed E-state index contributed by atoms with van der Waals surface area (Å²) < 4.78 is 4.58. The van der Waals surface area contributed by atoms with Gasteiger partial charge < -0.3 is 10.1 Å². The van der Waals surface area contributed by atoms with Gasteiger partial charge in [-0.3, -0.25) is 9.59 Å². The van der Waals surface area contributed by atoms with Gasteiger partial charge in [0.2, 0.25) is 0 Å². The summed E-state index contributed by atoms with van der Waals surface area (Å²) in [6, 6.07) is 7.54. The van der Waals surface area contributed by atoms with Gasteiger partial charge >= 0.3 is 5.97 Å². The van der Waals surface area contributed by atoms with Crippen LogP contribution in [0, 0.1) is 0 Å². The van der Waals surface area contributed by atoms with Crippen LogP contribution in [0.4, 0.5) is 5.69 Å². The maximum atomic E-state index is 12.1. The van der Waals surface area contributed by atoms with Gasteiger partial charge in [-0.05, 0) is 30.7 Å². The number of esters is 1. The normalized spacial score (nSPS) is 10.8. The minimum Gasteiger partial charge on any atom is -0.469 e. The zero-order valence-electron chi connectivity index (χ0n) is 21.5. The number of benzene rings is 1. The van der Waals surface area contributed by atoms with Crippen LogP contribution in [0.1, 0.15) is 133 Å². The summed E-state index contributed by atoms with van der Waals surface area (Å²) in [5, 5.41) is 3.43. The van der Waals surface area contributed by atoms with Crippen molar-refractivity contribution in [1.29, 1.82) is 0 Å². The van der Waals surface area contributed by atoms with Crippen LogP contribution in [0.25, 0.3) is 0 Å². The highest BCUT2D eigenvalue weighted by molar-refractivity contribution is 5.97. The molecule has 0 unspecified atom stereocenters. The number of carbonyl (C=O) groups is 2. The number of ketones is 1. The Labute approximate surface area is 203 Å². The maximum absolute atomic E-state index is 12.1. The van der Waals surface area contributed by atoms with E-state index < -0.39 is 0 Å². The van der Waals surface area contributed by atoms with E-state index >= 15 is 0 Å². The third kappa shape index (κ3) is 16.4. The fourth-order valence-corrected chi connectivity index (χ4v) is 4.14. The second kappa shape index (κ2) is 20.7. The second-order valence-corrected chi connectivity index (χ2v) is 9.31. The van der Waals surface area contributed by atoms with E-state index in [1.165, 1.54) is 110 Å². The van der Waals surface area contributed by atoms with Crippen LogP contribution in [-0.4, -0.2) is 25.4 Å². The summed E-state index contributed by atoms with van der Waals surface area (Å²) in [7, 11) is 1.34. The van der Waals surface area contributed by atoms with Crippen LogP contribution in [0.2, 0.25) is 0 Å². The van der Waals surface area contributed by atoms with Gasteiger partial charge in [-0.2, -0.15) is 0 Å². The van der Waals surface area contributed by atoms with Gasteiger partial charge in [0.25, 0.3) is 0 Å².